The van der Waals surface area contributed by atoms with E-state index in [1.54, 1.807) is 7.11 Å². The maximum Gasteiger partial charge on any atom is 0.135 e. The molecule has 6 nitrogen and oxygen atoms in total. The number of ether oxygens (including phenoxy) is 3. The van der Waals surface area contributed by atoms with Crippen LogP contribution in [0.25, 0.3) is 0 Å². The number of nitrogens with zero attached hydrogens (tertiary/aromatic N) is 2. The molecule has 0 unspecified atom stereocenters. The Bertz CT molecular complexity index is 283. The Hall–Kier alpha value is -0.760. The third kappa shape index (κ3) is 4.84. The predicted octanol–water partition coefficient (Wildman–Crippen LogP) is 0.759. The Morgan fingerprint density at radius 2 is 1.94 bits per heavy atom. The maximum absolute atomic E-state index is 5.40. The fourth-order valence-electron chi connectivity index (χ4n) is 1.02. The number of aromatic nitrogens is 2. The summed E-state index contributed by atoms with van der Waals surface area (Å²) in [5, 5.41) is 7.91. The second-order valence-corrected chi connectivity index (χ2v) is 3.71. The lowest BCUT2D eigenvalue weighted by Crippen LogP contribution is -2.08. The van der Waals surface area contributed by atoms with E-state index in [-0.39, 0.29) is 0 Å². The molecule has 0 aliphatic heterocycles. The van der Waals surface area contributed by atoms with Crippen molar-refractivity contribution in [2.24, 2.45) is 0 Å². The van der Waals surface area contributed by atoms with Gasteiger partial charge in [0.15, 0.2) is 0 Å². The highest BCUT2D eigenvalue weighted by Gasteiger charge is 2.05. The van der Waals surface area contributed by atoms with E-state index in [0.717, 1.165) is 10.7 Å². The second kappa shape index (κ2) is 8.40. The summed E-state index contributed by atoms with van der Waals surface area (Å²) in [6.45, 7) is 2.78. The van der Waals surface area contributed by atoms with Crippen molar-refractivity contribution in [3.8, 4) is 0 Å². The van der Waals surface area contributed by atoms with Crippen LogP contribution in [0.5, 0.6) is 0 Å². The SMILES string of the molecule is CNc1snnc1COCCOCCOC. The molecule has 0 saturated carbocycles. The Morgan fingerprint density at radius 1 is 1.19 bits per heavy atom. The van der Waals surface area contributed by atoms with Gasteiger partial charge in [0.05, 0.1) is 33.0 Å². The Kier molecular flexibility index (Phi) is 6.98. The van der Waals surface area contributed by atoms with Crippen LogP contribution in [0.15, 0.2) is 0 Å². The normalized spacial score (nSPS) is 10.6. The predicted molar refractivity (Wildman–Crippen MR) is 61.8 cm³/mol. The van der Waals surface area contributed by atoms with Gasteiger partial charge in [0, 0.05) is 25.7 Å². The molecule has 1 aromatic rings. The van der Waals surface area contributed by atoms with E-state index in [2.05, 4.69) is 14.9 Å². The summed E-state index contributed by atoms with van der Waals surface area (Å²) >= 11 is 1.32. The molecular formula is C9H17N3O3S. The number of rotatable bonds is 9. The zero-order valence-electron chi connectivity index (χ0n) is 9.56. The van der Waals surface area contributed by atoms with Crippen molar-refractivity contribution < 1.29 is 14.2 Å². The highest BCUT2D eigenvalue weighted by Crippen LogP contribution is 2.16. The molecule has 0 fully saturated rings. The van der Waals surface area contributed by atoms with E-state index in [4.69, 9.17) is 14.2 Å². The van der Waals surface area contributed by atoms with Gasteiger partial charge >= 0.3 is 0 Å². The highest BCUT2D eigenvalue weighted by molar-refractivity contribution is 7.10. The van der Waals surface area contributed by atoms with E-state index in [1.165, 1.54) is 11.5 Å². The quantitative estimate of drug-likeness (QED) is 0.650. The molecule has 16 heavy (non-hydrogen) atoms. The first-order chi connectivity index (χ1) is 7.88. The molecule has 0 atom stereocenters. The zero-order chi connectivity index (χ0) is 11.6. The molecule has 0 bridgehead atoms. The van der Waals surface area contributed by atoms with Gasteiger partial charge in [0.1, 0.15) is 10.7 Å². The summed E-state index contributed by atoms with van der Waals surface area (Å²) in [5.41, 5.74) is 0.837. The van der Waals surface area contributed by atoms with E-state index in [0.29, 0.717) is 33.0 Å². The number of nitrogens with one attached hydrogen (secondary N) is 1. The van der Waals surface area contributed by atoms with Gasteiger partial charge < -0.3 is 19.5 Å². The van der Waals surface area contributed by atoms with Crippen molar-refractivity contribution in [3.63, 3.8) is 0 Å². The molecule has 0 aliphatic rings. The van der Waals surface area contributed by atoms with Crippen LogP contribution in [0.3, 0.4) is 0 Å². The molecule has 0 amide bonds. The first-order valence-corrected chi connectivity index (χ1v) is 5.79. The molecule has 0 saturated heterocycles. The first kappa shape index (κ1) is 13.3. The van der Waals surface area contributed by atoms with Crippen LogP contribution < -0.4 is 5.32 Å². The smallest absolute Gasteiger partial charge is 0.135 e. The van der Waals surface area contributed by atoms with Crippen molar-refractivity contribution in [1.29, 1.82) is 0 Å². The van der Waals surface area contributed by atoms with Crippen LogP contribution >= 0.6 is 11.5 Å². The molecule has 7 heteroatoms. The summed E-state index contributed by atoms with van der Waals surface area (Å²) in [4.78, 5) is 0. The van der Waals surface area contributed by atoms with Crippen molar-refractivity contribution in [2.75, 3.05) is 45.9 Å². The van der Waals surface area contributed by atoms with Gasteiger partial charge in [0.2, 0.25) is 0 Å². The third-order valence-corrected chi connectivity index (χ3v) is 2.61. The van der Waals surface area contributed by atoms with Crippen molar-refractivity contribution in [1.82, 2.24) is 9.59 Å². The first-order valence-electron chi connectivity index (χ1n) is 5.02. The molecule has 0 spiro atoms. The summed E-state index contributed by atoms with van der Waals surface area (Å²) in [6, 6.07) is 0. The lowest BCUT2D eigenvalue weighted by Gasteiger charge is -2.04. The van der Waals surface area contributed by atoms with Crippen LogP contribution in [0.4, 0.5) is 5.00 Å². The van der Waals surface area contributed by atoms with Gasteiger partial charge in [-0.25, -0.2) is 0 Å². The molecule has 1 rings (SSSR count). The fourth-order valence-corrected chi connectivity index (χ4v) is 1.54. The molecule has 1 N–H and O–H groups in total. The standard InChI is InChI=1S/C9H17N3O3S/c1-10-9-8(11-12-16-9)7-15-6-5-14-4-3-13-2/h10H,3-7H2,1-2H3. The van der Waals surface area contributed by atoms with Crippen LogP contribution in [-0.4, -0.2) is 50.2 Å². The highest BCUT2D eigenvalue weighted by atomic mass is 32.1. The molecule has 1 aromatic heterocycles. The van der Waals surface area contributed by atoms with Crippen LogP contribution in [0.2, 0.25) is 0 Å². The minimum atomic E-state index is 0.459. The average Bonchev–Trinajstić information content (AvgIpc) is 2.75. The lowest BCUT2D eigenvalue weighted by molar-refractivity contribution is 0.0193. The number of anilines is 1. The molecule has 0 aliphatic carbocycles. The average molecular weight is 247 g/mol. The lowest BCUT2D eigenvalue weighted by atomic mass is 10.5. The minimum Gasteiger partial charge on any atom is -0.382 e. The number of hydrogen-bond donors (Lipinski definition) is 1. The van der Waals surface area contributed by atoms with Crippen LogP contribution in [0.1, 0.15) is 5.69 Å². The summed E-state index contributed by atoms with van der Waals surface area (Å²) in [5.74, 6) is 0. The van der Waals surface area contributed by atoms with Gasteiger partial charge in [-0.3, -0.25) is 0 Å². The summed E-state index contributed by atoms with van der Waals surface area (Å²) in [7, 11) is 3.49. The minimum absolute atomic E-state index is 0.459. The monoisotopic (exact) mass is 247 g/mol. The molecular weight excluding hydrogens is 230 g/mol. The zero-order valence-corrected chi connectivity index (χ0v) is 10.4. The summed E-state index contributed by atoms with van der Waals surface area (Å²) in [6.07, 6.45) is 0. The number of hydrogen-bond acceptors (Lipinski definition) is 7. The van der Waals surface area contributed by atoms with Gasteiger partial charge in [0.25, 0.3) is 0 Å². The van der Waals surface area contributed by atoms with Gasteiger partial charge in [-0.05, 0) is 0 Å². The number of methoxy groups -OCH3 is 1. The van der Waals surface area contributed by atoms with E-state index < -0.39 is 0 Å². The van der Waals surface area contributed by atoms with Gasteiger partial charge in [-0.15, -0.1) is 5.10 Å². The van der Waals surface area contributed by atoms with Crippen molar-refractivity contribution in [2.45, 2.75) is 6.61 Å². The van der Waals surface area contributed by atoms with E-state index in [9.17, 15) is 0 Å². The van der Waals surface area contributed by atoms with E-state index in [1.807, 2.05) is 7.05 Å². The van der Waals surface area contributed by atoms with Gasteiger partial charge in [-0.1, -0.05) is 4.49 Å². The Labute approximate surface area is 99.1 Å². The Morgan fingerprint density at radius 3 is 2.69 bits per heavy atom. The summed E-state index contributed by atoms with van der Waals surface area (Å²) < 4.78 is 19.3. The second-order valence-electron chi connectivity index (χ2n) is 2.96. The topological polar surface area (TPSA) is 65.5 Å². The molecule has 92 valence electrons. The van der Waals surface area contributed by atoms with Gasteiger partial charge in [-0.2, -0.15) is 0 Å². The van der Waals surface area contributed by atoms with Crippen molar-refractivity contribution >= 4 is 16.5 Å². The fraction of sp³-hybridized carbons (Fsp3) is 0.778. The molecule has 0 aromatic carbocycles. The largest absolute Gasteiger partial charge is 0.382 e. The third-order valence-electron chi connectivity index (χ3n) is 1.83. The molecule has 0 radical (unpaired) electrons. The Balaban J connectivity index is 2.03. The van der Waals surface area contributed by atoms with Crippen molar-refractivity contribution in [3.05, 3.63) is 5.69 Å². The van der Waals surface area contributed by atoms with E-state index >= 15 is 0 Å². The molecule has 1 heterocycles. The van der Waals surface area contributed by atoms with Crippen LogP contribution in [-0.2, 0) is 20.8 Å². The maximum atomic E-state index is 5.40. The van der Waals surface area contributed by atoms with Crippen LogP contribution in [0, 0.1) is 0 Å².